The third kappa shape index (κ3) is 4.81. The summed E-state index contributed by atoms with van der Waals surface area (Å²) >= 11 is 0. The van der Waals surface area contributed by atoms with E-state index in [0.717, 1.165) is 4.90 Å². The minimum atomic E-state index is -4.38. The Morgan fingerprint density at radius 2 is 1.95 bits per heavy atom. The highest BCUT2D eigenvalue weighted by Crippen LogP contribution is 2.20. The summed E-state index contributed by atoms with van der Waals surface area (Å²) in [5.74, 6) is -0.0664. The lowest BCUT2D eigenvalue weighted by Gasteiger charge is -2.22. The third-order valence-corrected chi connectivity index (χ3v) is 2.64. The van der Waals surface area contributed by atoms with Crippen LogP contribution in [0.2, 0.25) is 0 Å². The predicted octanol–water partition coefficient (Wildman–Crippen LogP) is 2.65. The number of methoxy groups -OCH3 is 1. The molecular weight excluding hydrogens is 259 g/mol. The Morgan fingerprint density at radius 3 is 2.47 bits per heavy atom. The topological polar surface area (TPSA) is 29.5 Å². The molecule has 1 aromatic carbocycles. The number of para-hydroxylation sites is 1. The van der Waals surface area contributed by atoms with Crippen LogP contribution in [-0.2, 0) is 11.2 Å². The van der Waals surface area contributed by atoms with Crippen LogP contribution in [0.1, 0.15) is 12.5 Å². The number of likely N-dealkylation sites (N-methyl/N-ethyl adjacent to an activating group) is 1. The van der Waals surface area contributed by atoms with Crippen molar-refractivity contribution in [3.8, 4) is 5.75 Å². The van der Waals surface area contributed by atoms with Gasteiger partial charge in [-0.2, -0.15) is 13.2 Å². The van der Waals surface area contributed by atoms with Crippen molar-refractivity contribution in [3.63, 3.8) is 0 Å². The van der Waals surface area contributed by atoms with Gasteiger partial charge < -0.3 is 9.64 Å². The van der Waals surface area contributed by atoms with Gasteiger partial charge in [0.25, 0.3) is 0 Å². The summed E-state index contributed by atoms with van der Waals surface area (Å²) in [6.07, 6.45) is -4.49. The van der Waals surface area contributed by atoms with Crippen LogP contribution in [0, 0.1) is 0 Å². The van der Waals surface area contributed by atoms with Gasteiger partial charge in [0.05, 0.1) is 13.5 Å². The van der Waals surface area contributed by atoms with E-state index in [0.29, 0.717) is 11.3 Å². The smallest absolute Gasteiger partial charge is 0.406 e. The molecule has 0 aliphatic rings. The number of hydrogen-bond donors (Lipinski definition) is 0. The monoisotopic (exact) mass is 275 g/mol. The number of amides is 1. The van der Waals surface area contributed by atoms with Gasteiger partial charge in [-0.3, -0.25) is 4.79 Å². The molecule has 0 N–H and O–H groups in total. The van der Waals surface area contributed by atoms with Crippen LogP contribution in [0.25, 0.3) is 0 Å². The van der Waals surface area contributed by atoms with Gasteiger partial charge in [-0.1, -0.05) is 18.2 Å². The molecule has 0 fully saturated rings. The molecule has 0 spiro atoms. The molecular formula is C13H16F3NO2. The van der Waals surface area contributed by atoms with Crippen molar-refractivity contribution >= 4 is 5.91 Å². The first-order valence-corrected chi connectivity index (χ1v) is 5.83. The zero-order valence-electron chi connectivity index (χ0n) is 10.8. The molecule has 19 heavy (non-hydrogen) atoms. The number of carbonyl (C=O) groups is 1. The number of halogens is 3. The van der Waals surface area contributed by atoms with E-state index in [1.165, 1.54) is 14.0 Å². The van der Waals surface area contributed by atoms with Crippen LogP contribution in [0.5, 0.6) is 5.75 Å². The van der Waals surface area contributed by atoms with E-state index in [2.05, 4.69) is 0 Å². The average Bonchev–Trinajstić information content (AvgIpc) is 2.35. The number of ether oxygens (including phenoxy) is 1. The second-order valence-corrected chi connectivity index (χ2v) is 4.01. The van der Waals surface area contributed by atoms with Crippen molar-refractivity contribution in [1.82, 2.24) is 4.90 Å². The highest BCUT2D eigenvalue weighted by Gasteiger charge is 2.32. The molecule has 0 bridgehead atoms. The van der Waals surface area contributed by atoms with Crippen molar-refractivity contribution < 1.29 is 22.7 Å². The lowest BCUT2D eigenvalue weighted by molar-refractivity contribution is -0.160. The molecule has 0 atom stereocenters. The first kappa shape index (κ1) is 15.3. The van der Waals surface area contributed by atoms with Gasteiger partial charge in [-0.05, 0) is 13.0 Å². The molecule has 0 aliphatic heterocycles. The van der Waals surface area contributed by atoms with Crippen LogP contribution >= 0.6 is 0 Å². The number of rotatable bonds is 5. The van der Waals surface area contributed by atoms with Crippen molar-refractivity contribution in [2.24, 2.45) is 0 Å². The maximum absolute atomic E-state index is 12.3. The maximum Gasteiger partial charge on any atom is 0.406 e. The minimum Gasteiger partial charge on any atom is -0.496 e. The minimum absolute atomic E-state index is 0.0213. The molecule has 3 nitrogen and oxygen atoms in total. The van der Waals surface area contributed by atoms with E-state index < -0.39 is 18.6 Å². The van der Waals surface area contributed by atoms with E-state index in [1.807, 2.05) is 0 Å². The van der Waals surface area contributed by atoms with Gasteiger partial charge >= 0.3 is 6.18 Å². The maximum atomic E-state index is 12.3. The van der Waals surface area contributed by atoms with E-state index in [4.69, 9.17) is 4.74 Å². The fourth-order valence-electron chi connectivity index (χ4n) is 1.72. The molecule has 106 valence electrons. The molecule has 0 aromatic heterocycles. The largest absolute Gasteiger partial charge is 0.496 e. The average molecular weight is 275 g/mol. The summed E-state index contributed by atoms with van der Waals surface area (Å²) in [7, 11) is 1.45. The van der Waals surface area contributed by atoms with E-state index in [9.17, 15) is 18.0 Å². The van der Waals surface area contributed by atoms with Gasteiger partial charge in [0.2, 0.25) is 5.91 Å². The first-order chi connectivity index (χ1) is 8.87. The van der Waals surface area contributed by atoms with Gasteiger partial charge in [-0.25, -0.2) is 0 Å². The van der Waals surface area contributed by atoms with Gasteiger partial charge in [0.15, 0.2) is 0 Å². The zero-order chi connectivity index (χ0) is 14.5. The van der Waals surface area contributed by atoms with Crippen LogP contribution in [-0.4, -0.2) is 37.2 Å². The number of hydrogen-bond acceptors (Lipinski definition) is 2. The first-order valence-electron chi connectivity index (χ1n) is 5.83. The van der Waals surface area contributed by atoms with Crippen LogP contribution in [0.4, 0.5) is 13.2 Å². The fraction of sp³-hybridized carbons (Fsp3) is 0.462. The molecule has 1 aromatic rings. The van der Waals surface area contributed by atoms with E-state index in [-0.39, 0.29) is 13.0 Å². The normalized spacial score (nSPS) is 11.2. The molecule has 0 unspecified atom stereocenters. The zero-order valence-corrected chi connectivity index (χ0v) is 10.8. The van der Waals surface area contributed by atoms with Crippen LogP contribution < -0.4 is 4.74 Å². The highest BCUT2D eigenvalue weighted by molar-refractivity contribution is 5.79. The number of benzene rings is 1. The highest BCUT2D eigenvalue weighted by atomic mass is 19.4. The summed E-state index contributed by atoms with van der Waals surface area (Å²) in [5, 5.41) is 0. The Morgan fingerprint density at radius 1 is 1.32 bits per heavy atom. The number of alkyl halides is 3. The molecule has 1 rings (SSSR count). The van der Waals surface area contributed by atoms with E-state index >= 15 is 0 Å². The van der Waals surface area contributed by atoms with Crippen molar-refractivity contribution in [2.45, 2.75) is 19.5 Å². The molecule has 0 saturated heterocycles. The quantitative estimate of drug-likeness (QED) is 0.826. The van der Waals surface area contributed by atoms with Gasteiger partial charge in [-0.15, -0.1) is 0 Å². The Bertz CT molecular complexity index is 432. The molecule has 0 saturated carbocycles. The summed E-state index contributed by atoms with van der Waals surface area (Å²) in [5.41, 5.74) is 0.579. The Hall–Kier alpha value is -1.72. The van der Waals surface area contributed by atoms with Crippen molar-refractivity contribution in [1.29, 1.82) is 0 Å². The molecule has 6 heteroatoms. The SMILES string of the molecule is CCN(CC(F)(F)F)C(=O)Cc1ccccc1OC. The Kier molecular flexibility index (Phi) is 5.20. The predicted molar refractivity (Wildman–Crippen MR) is 65.0 cm³/mol. The second-order valence-electron chi connectivity index (χ2n) is 4.01. The van der Waals surface area contributed by atoms with Crippen molar-refractivity contribution in [2.75, 3.05) is 20.2 Å². The summed E-state index contributed by atoms with van der Waals surface area (Å²) in [6, 6.07) is 6.78. The molecule has 1 amide bonds. The Balaban J connectivity index is 2.77. The van der Waals surface area contributed by atoms with Gasteiger partial charge in [0.1, 0.15) is 12.3 Å². The lowest BCUT2D eigenvalue weighted by Crippen LogP contribution is -2.39. The summed E-state index contributed by atoms with van der Waals surface area (Å²) in [4.78, 5) is 12.6. The summed E-state index contributed by atoms with van der Waals surface area (Å²) in [6.45, 7) is 0.316. The third-order valence-electron chi connectivity index (χ3n) is 2.64. The standard InChI is InChI=1S/C13H16F3NO2/c1-3-17(9-13(14,15)16)12(18)8-10-6-4-5-7-11(10)19-2/h4-7H,3,8-9H2,1-2H3. The molecule has 0 aliphatic carbocycles. The number of carbonyl (C=O) groups excluding carboxylic acids is 1. The van der Waals surface area contributed by atoms with Crippen LogP contribution in [0.3, 0.4) is 0 Å². The van der Waals surface area contributed by atoms with Crippen molar-refractivity contribution in [3.05, 3.63) is 29.8 Å². The molecule has 0 heterocycles. The Labute approximate surface area is 110 Å². The van der Waals surface area contributed by atoms with E-state index in [1.54, 1.807) is 24.3 Å². The van der Waals surface area contributed by atoms with Gasteiger partial charge in [0, 0.05) is 12.1 Å². The number of nitrogens with zero attached hydrogens (tertiary/aromatic N) is 1. The fourth-order valence-corrected chi connectivity index (χ4v) is 1.72. The lowest BCUT2D eigenvalue weighted by atomic mass is 10.1. The summed E-state index contributed by atoms with van der Waals surface area (Å²) < 4.78 is 42.0. The van der Waals surface area contributed by atoms with Crippen LogP contribution in [0.15, 0.2) is 24.3 Å². The second kappa shape index (κ2) is 6.45. The molecule has 0 radical (unpaired) electrons.